The highest BCUT2D eigenvalue weighted by molar-refractivity contribution is 7.89. The quantitative estimate of drug-likeness (QED) is 0.696. The predicted molar refractivity (Wildman–Crippen MR) is 107 cm³/mol. The van der Waals surface area contributed by atoms with E-state index in [-0.39, 0.29) is 16.5 Å². The molecular formula is C19H26N4O5S. The molecule has 1 aromatic rings. The number of hydrogen-bond acceptors (Lipinski definition) is 5. The monoisotopic (exact) mass is 422 g/mol. The van der Waals surface area contributed by atoms with E-state index in [4.69, 9.17) is 0 Å². The Morgan fingerprint density at radius 3 is 2.55 bits per heavy atom. The number of amides is 4. The molecule has 2 fully saturated rings. The van der Waals surface area contributed by atoms with Gasteiger partial charge in [0.05, 0.1) is 4.90 Å². The smallest absolute Gasteiger partial charge is 0.324 e. The molecule has 2 aliphatic rings. The third kappa shape index (κ3) is 4.13. The average molecular weight is 423 g/mol. The number of carbonyl (C=O) groups is 3. The van der Waals surface area contributed by atoms with Crippen molar-refractivity contribution >= 4 is 33.6 Å². The topological polar surface area (TPSA) is 116 Å². The van der Waals surface area contributed by atoms with Gasteiger partial charge >= 0.3 is 6.03 Å². The molecule has 0 radical (unpaired) electrons. The summed E-state index contributed by atoms with van der Waals surface area (Å²) in [6.07, 6.45) is 2.83. The van der Waals surface area contributed by atoms with Crippen LogP contribution in [-0.4, -0.2) is 61.6 Å². The van der Waals surface area contributed by atoms with Crippen molar-refractivity contribution < 1.29 is 22.8 Å². The Kier molecular flexibility index (Phi) is 5.68. The number of benzene rings is 1. The van der Waals surface area contributed by atoms with Crippen LogP contribution in [0.5, 0.6) is 0 Å². The van der Waals surface area contributed by atoms with Crippen molar-refractivity contribution in [2.24, 2.45) is 5.92 Å². The van der Waals surface area contributed by atoms with Crippen LogP contribution in [0.2, 0.25) is 0 Å². The summed E-state index contributed by atoms with van der Waals surface area (Å²) in [5, 5.41) is 5.34. The van der Waals surface area contributed by atoms with E-state index in [0.29, 0.717) is 18.8 Å². The van der Waals surface area contributed by atoms with Gasteiger partial charge in [0.15, 0.2) is 0 Å². The lowest BCUT2D eigenvalue weighted by Crippen LogP contribution is -2.49. The van der Waals surface area contributed by atoms with Crippen molar-refractivity contribution in [1.82, 2.24) is 14.5 Å². The van der Waals surface area contributed by atoms with Crippen LogP contribution in [0.15, 0.2) is 29.2 Å². The first-order chi connectivity index (χ1) is 13.5. The SMILES string of the molecule is CC1CCC2(CC1)NC(=O)N(CC(=O)Nc1cccc(S(=O)(=O)N(C)C)c1)C2=O. The van der Waals surface area contributed by atoms with Crippen molar-refractivity contribution in [2.45, 2.75) is 43.0 Å². The van der Waals surface area contributed by atoms with Crippen LogP contribution in [0, 0.1) is 5.92 Å². The fourth-order valence-electron chi connectivity index (χ4n) is 3.70. The van der Waals surface area contributed by atoms with Gasteiger partial charge in [-0.2, -0.15) is 0 Å². The molecule has 2 N–H and O–H groups in total. The molecule has 29 heavy (non-hydrogen) atoms. The molecule has 1 aliphatic carbocycles. The normalized spacial score (nSPS) is 24.8. The second-order valence-corrected chi connectivity index (χ2v) is 10.1. The predicted octanol–water partition coefficient (Wildman–Crippen LogP) is 1.38. The molecule has 3 rings (SSSR count). The van der Waals surface area contributed by atoms with Crippen LogP contribution >= 0.6 is 0 Å². The zero-order chi connectivity index (χ0) is 21.4. The second-order valence-electron chi connectivity index (χ2n) is 7.95. The zero-order valence-corrected chi connectivity index (χ0v) is 17.6. The van der Waals surface area contributed by atoms with E-state index in [9.17, 15) is 22.8 Å². The van der Waals surface area contributed by atoms with Crippen molar-refractivity contribution in [1.29, 1.82) is 0 Å². The molecule has 1 heterocycles. The van der Waals surface area contributed by atoms with Gasteiger partial charge in [-0.25, -0.2) is 17.5 Å². The second kappa shape index (κ2) is 7.75. The first-order valence-electron chi connectivity index (χ1n) is 9.52. The number of hydrogen-bond donors (Lipinski definition) is 2. The number of anilines is 1. The Labute approximate surface area is 170 Å². The average Bonchev–Trinajstić information content (AvgIpc) is 2.88. The van der Waals surface area contributed by atoms with Crippen LogP contribution < -0.4 is 10.6 Å². The summed E-state index contributed by atoms with van der Waals surface area (Å²) in [7, 11) is -0.812. The number of nitrogens with zero attached hydrogens (tertiary/aromatic N) is 2. The van der Waals surface area contributed by atoms with Crippen LogP contribution in [0.3, 0.4) is 0 Å². The Balaban J connectivity index is 1.69. The van der Waals surface area contributed by atoms with Crippen LogP contribution in [0.1, 0.15) is 32.6 Å². The van der Waals surface area contributed by atoms with E-state index in [2.05, 4.69) is 17.6 Å². The molecule has 1 spiro atoms. The Bertz CT molecular complexity index is 936. The lowest BCUT2D eigenvalue weighted by molar-refractivity contribution is -0.135. The fourth-order valence-corrected chi connectivity index (χ4v) is 4.65. The van der Waals surface area contributed by atoms with Crippen LogP contribution in [0.25, 0.3) is 0 Å². The molecule has 1 saturated carbocycles. The fraction of sp³-hybridized carbons (Fsp3) is 0.526. The minimum absolute atomic E-state index is 0.0329. The van der Waals surface area contributed by atoms with E-state index < -0.39 is 34.0 Å². The molecule has 158 valence electrons. The van der Waals surface area contributed by atoms with Gasteiger partial charge in [0.1, 0.15) is 12.1 Å². The Hall–Kier alpha value is -2.46. The third-order valence-corrected chi connectivity index (χ3v) is 7.38. The van der Waals surface area contributed by atoms with E-state index >= 15 is 0 Å². The lowest BCUT2D eigenvalue weighted by Gasteiger charge is -2.33. The van der Waals surface area contributed by atoms with E-state index in [0.717, 1.165) is 22.0 Å². The highest BCUT2D eigenvalue weighted by atomic mass is 32.2. The summed E-state index contributed by atoms with van der Waals surface area (Å²) in [5.74, 6) is -0.434. The molecule has 1 saturated heterocycles. The van der Waals surface area contributed by atoms with Gasteiger partial charge in [0.2, 0.25) is 15.9 Å². The highest BCUT2D eigenvalue weighted by Gasteiger charge is 2.52. The summed E-state index contributed by atoms with van der Waals surface area (Å²) in [4.78, 5) is 38.5. The first-order valence-corrected chi connectivity index (χ1v) is 11.0. The van der Waals surface area contributed by atoms with Crippen molar-refractivity contribution in [3.05, 3.63) is 24.3 Å². The number of nitrogens with one attached hydrogen (secondary N) is 2. The van der Waals surface area contributed by atoms with Gasteiger partial charge < -0.3 is 10.6 Å². The van der Waals surface area contributed by atoms with Gasteiger partial charge in [0, 0.05) is 19.8 Å². The van der Waals surface area contributed by atoms with Gasteiger partial charge in [-0.15, -0.1) is 0 Å². The highest BCUT2D eigenvalue weighted by Crippen LogP contribution is 2.36. The number of sulfonamides is 1. The summed E-state index contributed by atoms with van der Waals surface area (Å²) < 4.78 is 25.5. The maximum absolute atomic E-state index is 12.8. The van der Waals surface area contributed by atoms with Crippen molar-refractivity contribution in [3.63, 3.8) is 0 Å². The molecule has 1 aliphatic heterocycles. The third-order valence-electron chi connectivity index (χ3n) is 5.57. The van der Waals surface area contributed by atoms with E-state index in [1.807, 2.05) is 0 Å². The van der Waals surface area contributed by atoms with Crippen molar-refractivity contribution in [3.8, 4) is 0 Å². The summed E-state index contributed by atoms with van der Waals surface area (Å²) >= 11 is 0. The minimum atomic E-state index is -3.64. The Morgan fingerprint density at radius 1 is 1.28 bits per heavy atom. The van der Waals surface area contributed by atoms with Gasteiger partial charge in [-0.1, -0.05) is 13.0 Å². The molecule has 4 amide bonds. The van der Waals surface area contributed by atoms with Gasteiger partial charge in [-0.05, 0) is 49.8 Å². The lowest BCUT2D eigenvalue weighted by atomic mass is 9.77. The molecule has 10 heteroatoms. The van der Waals surface area contributed by atoms with Crippen LogP contribution in [-0.2, 0) is 19.6 Å². The van der Waals surface area contributed by atoms with E-state index in [1.54, 1.807) is 6.07 Å². The number of rotatable bonds is 5. The summed E-state index contributed by atoms with van der Waals surface area (Å²) in [6, 6.07) is 5.25. The number of imide groups is 1. The molecule has 1 aromatic carbocycles. The zero-order valence-electron chi connectivity index (χ0n) is 16.8. The molecule has 0 unspecified atom stereocenters. The summed E-state index contributed by atoms with van der Waals surface area (Å²) in [6.45, 7) is 1.69. The van der Waals surface area contributed by atoms with Gasteiger partial charge in [-0.3, -0.25) is 14.5 Å². The van der Waals surface area contributed by atoms with Crippen LogP contribution in [0.4, 0.5) is 10.5 Å². The Morgan fingerprint density at radius 2 is 1.93 bits per heavy atom. The number of urea groups is 1. The molecule has 0 bridgehead atoms. The van der Waals surface area contributed by atoms with E-state index in [1.165, 1.54) is 32.3 Å². The maximum Gasteiger partial charge on any atom is 0.325 e. The molecule has 0 aromatic heterocycles. The molecule has 9 nitrogen and oxygen atoms in total. The van der Waals surface area contributed by atoms with Gasteiger partial charge in [0.25, 0.3) is 5.91 Å². The summed E-state index contributed by atoms with van der Waals surface area (Å²) in [5.41, 5.74) is -0.630. The standard InChI is InChI=1S/C19H26N4O5S/c1-13-7-9-19(10-8-13)17(25)23(18(26)21-19)12-16(24)20-14-5-4-6-15(11-14)29(27,28)22(2)3/h4-6,11,13H,7-10,12H2,1-3H3,(H,20,24)(H,21,26). The number of carbonyl (C=O) groups excluding carboxylic acids is 3. The minimum Gasteiger partial charge on any atom is -0.324 e. The molecular weight excluding hydrogens is 396 g/mol. The first kappa shape index (κ1) is 21.3. The molecule has 0 atom stereocenters. The largest absolute Gasteiger partial charge is 0.325 e. The van der Waals surface area contributed by atoms with Crippen molar-refractivity contribution in [2.75, 3.05) is 26.0 Å². The maximum atomic E-state index is 12.8.